The molecule has 0 fully saturated rings. The molecule has 0 saturated carbocycles. The maximum Gasteiger partial charge on any atom is 0.00869 e. The van der Waals surface area contributed by atoms with E-state index in [1.165, 1.54) is 6.54 Å². The van der Waals surface area contributed by atoms with Crippen LogP contribution in [0, 0.1) is 17.3 Å². The molecule has 1 nitrogen and oxygen atoms in total. The molecule has 0 bridgehead atoms. The molecule has 0 aromatic rings. The molecule has 0 aliphatic carbocycles. The number of rotatable bonds is 4. The highest BCUT2D eigenvalue weighted by molar-refractivity contribution is 4.75. The molecule has 14 heavy (non-hydrogen) atoms. The van der Waals surface area contributed by atoms with E-state index in [0.717, 1.165) is 11.8 Å². The van der Waals surface area contributed by atoms with E-state index in [9.17, 15) is 0 Å². The van der Waals surface area contributed by atoms with Gasteiger partial charge in [-0.15, -0.1) is 0 Å². The van der Waals surface area contributed by atoms with E-state index in [4.69, 9.17) is 0 Å². The van der Waals surface area contributed by atoms with Gasteiger partial charge in [-0.2, -0.15) is 0 Å². The Labute approximate surface area is 90.9 Å². The van der Waals surface area contributed by atoms with E-state index in [0.29, 0.717) is 11.5 Å². The minimum atomic E-state index is 0.422. The molecule has 0 saturated heterocycles. The zero-order valence-corrected chi connectivity index (χ0v) is 11.4. The number of hydrogen-bond acceptors (Lipinski definition) is 1. The highest BCUT2D eigenvalue weighted by Crippen LogP contribution is 2.26. The fraction of sp³-hybridized carbons (Fsp3) is 1.00. The Kier molecular flexibility index (Phi) is 5.14. The van der Waals surface area contributed by atoms with Gasteiger partial charge in [0.15, 0.2) is 0 Å². The average molecular weight is 199 g/mol. The lowest BCUT2D eigenvalue weighted by Crippen LogP contribution is -2.39. The first-order chi connectivity index (χ1) is 6.16. The van der Waals surface area contributed by atoms with Crippen LogP contribution in [0.4, 0.5) is 0 Å². The summed E-state index contributed by atoms with van der Waals surface area (Å²) in [6.07, 6.45) is 0. The first kappa shape index (κ1) is 14.0. The van der Waals surface area contributed by atoms with Crippen LogP contribution in [0.1, 0.15) is 48.5 Å². The molecule has 0 spiro atoms. The van der Waals surface area contributed by atoms with Gasteiger partial charge in [-0.3, -0.25) is 0 Å². The third-order valence-electron chi connectivity index (χ3n) is 3.70. The van der Waals surface area contributed by atoms with Crippen molar-refractivity contribution in [2.24, 2.45) is 17.3 Å². The van der Waals surface area contributed by atoms with Crippen molar-refractivity contribution >= 4 is 0 Å². The van der Waals surface area contributed by atoms with Crippen molar-refractivity contribution in [3.63, 3.8) is 0 Å². The van der Waals surface area contributed by atoms with Crippen LogP contribution in [-0.4, -0.2) is 24.5 Å². The summed E-state index contributed by atoms with van der Waals surface area (Å²) in [6.45, 7) is 17.4. The third kappa shape index (κ3) is 4.45. The first-order valence-electron chi connectivity index (χ1n) is 5.86. The molecule has 0 aromatic carbocycles. The number of nitrogens with zero attached hydrogens (tertiary/aromatic N) is 1. The van der Waals surface area contributed by atoms with E-state index in [2.05, 4.69) is 60.4 Å². The Hall–Kier alpha value is -0.0400. The maximum absolute atomic E-state index is 2.49. The Morgan fingerprint density at radius 2 is 1.43 bits per heavy atom. The van der Waals surface area contributed by atoms with Crippen molar-refractivity contribution in [2.75, 3.05) is 13.6 Å². The first-order valence-corrected chi connectivity index (χ1v) is 5.86. The molecule has 0 N–H and O–H groups in total. The van der Waals surface area contributed by atoms with E-state index in [1.807, 2.05) is 0 Å². The van der Waals surface area contributed by atoms with Crippen molar-refractivity contribution < 1.29 is 0 Å². The Morgan fingerprint density at radius 3 is 1.71 bits per heavy atom. The van der Waals surface area contributed by atoms with Gasteiger partial charge in [-0.25, -0.2) is 0 Å². The summed E-state index contributed by atoms with van der Waals surface area (Å²) in [7, 11) is 2.24. The molecule has 0 heterocycles. The Morgan fingerprint density at radius 1 is 1.00 bits per heavy atom. The molecule has 2 unspecified atom stereocenters. The van der Waals surface area contributed by atoms with Gasteiger partial charge in [0.1, 0.15) is 0 Å². The van der Waals surface area contributed by atoms with Gasteiger partial charge in [0.25, 0.3) is 0 Å². The van der Waals surface area contributed by atoms with Gasteiger partial charge in [-0.05, 0) is 31.2 Å². The van der Waals surface area contributed by atoms with Crippen LogP contribution in [-0.2, 0) is 0 Å². The zero-order valence-electron chi connectivity index (χ0n) is 11.4. The van der Waals surface area contributed by atoms with Gasteiger partial charge >= 0.3 is 0 Å². The van der Waals surface area contributed by atoms with Gasteiger partial charge in [0.2, 0.25) is 0 Å². The summed E-state index contributed by atoms with van der Waals surface area (Å²) in [5.41, 5.74) is 0.422. The predicted molar refractivity (Wildman–Crippen MR) is 65.5 cm³/mol. The van der Waals surface area contributed by atoms with Gasteiger partial charge in [0, 0.05) is 12.6 Å². The molecular formula is C13H29N. The minimum absolute atomic E-state index is 0.422. The molecule has 0 aromatic heterocycles. The largest absolute Gasteiger partial charge is 0.303 e. The Balaban J connectivity index is 4.12. The van der Waals surface area contributed by atoms with Crippen molar-refractivity contribution in [1.82, 2.24) is 4.90 Å². The monoisotopic (exact) mass is 199 g/mol. The van der Waals surface area contributed by atoms with E-state index in [-0.39, 0.29) is 0 Å². The second kappa shape index (κ2) is 5.16. The van der Waals surface area contributed by atoms with Crippen LogP contribution in [0.25, 0.3) is 0 Å². The smallest absolute Gasteiger partial charge is 0.00869 e. The van der Waals surface area contributed by atoms with Crippen LogP contribution in [0.3, 0.4) is 0 Å². The molecule has 1 heteroatoms. The van der Waals surface area contributed by atoms with Crippen LogP contribution in [0.15, 0.2) is 0 Å². The summed E-state index contributed by atoms with van der Waals surface area (Å²) < 4.78 is 0. The SMILES string of the molecule is CC(C)C(C)N(C)CC(C)C(C)(C)C. The fourth-order valence-corrected chi connectivity index (χ4v) is 1.38. The molecule has 2 atom stereocenters. The zero-order chi connectivity index (χ0) is 11.5. The second-order valence-electron chi connectivity index (χ2n) is 6.19. The van der Waals surface area contributed by atoms with Crippen LogP contribution < -0.4 is 0 Å². The highest BCUT2D eigenvalue weighted by atomic mass is 15.1. The van der Waals surface area contributed by atoms with Crippen molar-refractivity contribution in [1.29, 1.82) is 0 Å². The quantitative estimate of drug-likeness (QED) is 0.668. The van der Waals surface area contributed by atoms with Crippen LogP contribution in [0.2, 0.25) is 0 Å². The fourth-order valence-electron chi connectivity index (χ4n) is 1.38. The van der Waals surface area contributed by atoms with Gasteiger partial charge < -0.3 is 4.90 Å². The van der Waals surface area contributed by atoms with Crippen molar-refractivity contribution in [3.05, 3.63) is 0 Å². The molecule has 0 rings (SSSR count). The summed E-state index contributed by atoms with van der Waals surface area (Å²) in [5, 5.41) is 0. The highest BCUT2D eigenvalue weighted by Gasteiger charge is 2.23. The summed E-state index contributed by atoms with van der Waals surface area (Å²) >= 11 is 0. The van der Waals surface area contributed by atoms with Gasteiger partial charge in [0.05, 0.1) is 0 Å². The number of hydrogen-bond donors (Lipinski definition) is 0. The average Bonchev–Trinajstić information content (AvgIpc) is 2.00. The van der Waals surface area contributed by atoms with E-state index < -0.39 is 0 Å². The summed E-state index contributed by atoms with van der Waals surface area (Å²) in [5.74, 6) is 1.49. The molecular weight excluding hydrogens is 170 g/mol. The summed E-state index contributed by atoms with van der Waals surface area (Å²) in [6, 6.07) is 0.680. The maximum atomic E-state index is 2.49. The minimum Gasteiger partial charge on any atom is -0.303 e. The Bertz CT molecular complexity index is 155. The topological polar surface area (TPSA) is 3.24 Å². The molecule has 86 valence electrons. The molecule has 0 aliphatic heterocycles. The lowest BCUT2D eigenvalue weighted by Gasteiger charge is -2.35. The lowest BCUT2D eigenvalue weighted by atomic mass is 9.81. The molecule has 0 aliphatic rings. The van der Waals surface area contributed by atoms with Crippen LogP contribution in [0.5, 0.6) is 0 Å². The molecule has 0 amide bonds. The third-order valence-corrected chi connectivity index (χ3v) is 3.70. The second-order valence-corrected chi connectivity index (χ2v) is 6.19. The lowest BCUT2D eigenvalue weighted by molar-refractivity contribution is 0.133. The van der Waals surface area contributed by atoms with Crippen molar-refractivity contribution in [2.45, 2.75) is 54.5 Å². The van der Waals surface area contributed by atoms with Gasteiger partial charge in [-0.1, -0.05) is 41.5 Å². The standard InChI is InChI=1S/C13H29N/c1-10(2)12(4)14(8)9-11(3)13(5,6)7/h10-12H,9H2,1-8H3. The summed E-state index contributed by atoms with van der Waals surface area (Å²) in [4.78, 5) is 2.49. The van der Waals surface area contributed by atoms with E-state index >= 15 is 0 Å². The van der Waals surface area contributed by atoms with E-state index in [1.54, 1.807) is 0 Å². The predicted octanol–water partition coefficient (Wildman–Crippen LogP) is 3.64. The normalized spacial score (nSPS) is 17.6. The van der Waals surface area contributed by atoms with Crippen LogP contribution >= 0.6 is 0 Å². The molecule has 0 radical (unpaired) electrons. The van der Waals surface area contributed by atoms with Crippen molar-refractivity contribution in [3.8, 4) is 0 Å².